The Morgan fingerprint density at radius 3 is 2.74 bits per heavy atom. The molecule has 2 N–H and O–H groups in total. The van der Waals surface area contributed by atoms with Crippen LogP contribution in [0.15, 0.2) is 6.07 Å². The summed E-state index contributed by atoms with van der Waals surface area (Å²) in [5.41, 5.74) is 1.65. The molecule has 1 atom stereocenters. The van der Waals surface area contributed by atoms with Crippen molar-refractivity contribution in [2.45, 2.75) is 53.6 Å². The Hall–Kier alpha value is -2.02. The first-order valence-corrected chi connectivity index (χ1v) is 7.81. The van der Waals surface area contributed by atoms with Crippen LogP contribution in [0.1, 0.15) is 44.4 Å². The first kappa shape index (κ1) is 17.3. The number of carbonyl (C=O) groups is 1. The van der Waals surface area contributed by atoms with Crippen molar-refractivity contribution in [1.29, 1.82) is 0 Å². The minimum Gasteiger partial charge on any atom is -0.393 e. The molecule has 0 saturated heterocycles. The summed E-state index contributed by atoms with van der Waals surface area (Å²) in [7, 11) is 0. The highest BCUT2D eigenvalue weighted by Gasteiger charge is 2.21. The van der Waals surface area contributed by atoms with Gasteiger partial charge in [0.05, 0.1) is 12.5 Å². The van der Waals surface area contributed by atoms with E-state index in [2.05, 4.69) is 20.4 Å². The van der Waals surface area contributed by atoms with Gasteiger partial charge >= 0.3 is 0 Å². The van der Waals surface area contributed by atoms with Crippen LogP contribution in [-0.2, 0) is 11.2 Å². The van der Waals surface area contributed by atoms with Crippen LogP contribution in [-0.4, -0.2) is 43.2 Å². The van der Waals surface area contributed by atoms with Gasteiger partial charge in [-0.2, -0.15) is 4.98 Å². The van der Waals surface area contributed by atoms with Gasteiger partial charge in [-0.1, -0.05) is 13.8 Å². The van der Waals surface area contributed by atoms with Gasteiger partial charge in [-0.05, 0) is 38.7 Å². The lowest BCUT2D eigenvalue weighted by molar-refractivity contribution is -0.121. The normalized spacial score (nSPS) is 13.3. The molecule has 2 rings (SSSR count). The van der Waals surface area contributed by atoms with E-state index >= 15 is 0 Å². The highest BCUT2D eigenvalue weighted by molar-refractivity contribution is 5.77. The molecule has 126 valence electrons. The van der Waals surface area contributed by atoms with Crippen LogP contribution in [0.25, 0.3) is 5.78 Å². The SMILES string of the molecule is Cc1cc(C)n2nc(CC(=O)NCC(C)(C)CC(C)O)nc2n1. The molecule has 0 saturated carbocycles. The summed E-state index contributed by atoms with van der Waals surface area (Å²) in [4.78, 5) is 20.7. The number of carbonyl (C=O) groups excluding carboxylic acids is 1. The Labute approximate surface area is 136 Å². The minimum atomic E-state index is -0.390. The summed E-state index contributed by atoms with van der Waals surface area (Å²) in [5.74, 6) is 0.839. The van der Waals surface area contributed by atoms with Gasteiger partial charge in [-0.25, -0.2) is 9.50 Å². The molecule has 0 bridgehead atoms. The maximum absolute atomic E-state index is 12.1. The molecule has 23 heavy (non-hydrogen) atoms. The number of aryl methyl sites for hydroxylation is 2. The number of aliphatic hydroxyl groups excluding tert-OH is 1. The molecule has 0 spiro atoms. The third kappa shape index (κ3) is 4.72. The van der Waals surface area contributed by atoms with Gasteiger partial charge in [0.15, 0.2) is 5.82 Å². The van der Waals surface area contributed by atoms with Crippen molar-refractivity contribution in [2.24, 2.45) is 5.41 Å². The Balaban J connectivity index is 1.99. The van der Waals surface area contributed by atoms with E-state index < -0.39 is 0 Å². The van der Waals surface area contributed by atoms with Crippen LogP contribution in [0.4, 0.5) is 0 Å². The third-order valence-corrected chi connectivity index (χ3v) is 3.59. The number of nitrogens with one attached hydrogen (secondary N) is 1. The van der Waals surface area contributed by atoms with E-state index in [0.29, 0.717) is 24.6 Å². The Morgan fingerprint density at radius 1 is 1.39 bits per heavy atom. The number of nitrogens with zero attached hydrogens (tertiary/aromatic N) is 4. The number of amides is 1. The second kappa shape index (κ2) is 6.62. The molecule has 7 heteroatoms. The van der Waals surface area contributed by atoms with Gasteiger partial charge in [-0.3, -0.25) is 4.79 Å². The van der Waals surface area contributed by atoms with Crippen LogP contribution < -0.4 is 5.32 Å². The second-order valence-electron chi connectivity index (χ2n) is 6.95. The number of aromatic nitrogens is 4. The van der Waals surface area contributed by atoms with Crippen molar-refractivity contribution in [3.8, 4) is 0 Å². The fourth-order valence-electron chi connectivity index (χ4n) is 2.70. The molecule has 2 heterocycles. The van der Waals surface area contributed by atoms with Crippen molar-refractivity contribution in [1.82, 2.24) is 24.9 Å². The quantitative estimate of drug-likeness (QED) is 0.834. The zero-order valence-electron chi connectivity index (χ0n) is 14.4. The van der Waals surface area contributed by atoms with Gasteiger partial charge in [0.2, 0.25) is 5.91 Å². The van der Waals surface area contributed by atoms with Gasteiger partial charge < -0.3 is 10.4 Å². The second-order valence-corrected chi connectivity index (χ2v) is 6.95. The molecule has 0 aliphatic heterocycles. The smallest absolute Gasteiger partial charge is 0.252 e. The van der Waals surface area contributed by atoms with Crippen LogP contribution in [0, 0.1) is 19.3 Å². The fourth-order valence-corrected chi connectivity index (χ4v) is 2.70. The topological polar surface area (TPSA) is 92.4 Å². The van der Waals surface area contributed by atoms with E-state index in [9.17, 15) is 9.90 Å². The van der Waals surface area contributed by atoms with E-state index in [4.69, 9.17) is 0 Å². The molecule has 2 aromatic heterocycles. The van der Waals surface area contributed by atoms with E-state index in [-0.39, 0.29) is 23.8 Å². The van der Waals surface area contributed by atoms with E-state index in [0.717, 1.165) is 11.4 Å². The van der Waals surface area contributed by atoms with Crippen molar-refractivity contribution in [3.05, 3.63) is 23.3 Å². The number of hydrogen-bond donors (Lipinski definition) is 2. The standard InChI is InChI=1S/C16H25N5O2/c1-10-6-11(2)21-15(18-10)19-13(20-21)7-14(23)17-9-16(4,5)8-12(3)22/h6,12,22H,7-9H2,1-5H3,(H,17,23). The van der Waals surface area contributed by atoms with Gasteiger partial charge in [-0.15, -0.1) is 5.10 Å². The van der Waals surface area contributed by atoms with Gasteiger partial charge in [0.1, 0.15) is 0 Å². The largest absolute Gasteiger partial charge is 0.393 e. The molecule has 0 fully saturated rings. The summed E-state index contributed by atoms with van der Waals surface area (Å²) in [6.07, 6.45) is 0.355. The molecule has 7 nitrogen and oxygen atoms in total. The van der Waals surface area contributed by atoms with Crippen molar-refractivity contribution in [3.63, 3.8) is 0 Å². The van der Waals surface area contributed by atoms with Crippen molar-refractivity contribution < 1.29 is 9.90 Å². The first-order chi connectivity index (χ1) is 10.7. The number of rotatable bonds is 6. The lowest BCUT2D eigenvalue weighted by atomic mass is 9.87. The number of fused-ring (bicyclic) bond motifs is 1. The van der Waals surface area contributed by atoms with E-state index in [1.165, 1.54) is 0 Å². The highest BCUT2D eigenvalue weighted by Crippen LogP contribution is 2.21. The van der Waals surface area contributed by atoms with Crippen LogP contribution >= 0.6 is 0 Å². The predicted molar refractivity (Wildman–Crippen MR) is 87.0 cm³/mol. The number of hydrogen-bond acceptors (Lipinski definition) is 5. The molecule has 2 aromatic rings. The van der Waals surface area contributed by atoms with E-state index in [1.54, 1.807) is 11.4 Å². The monoisotopic (exact) mass is 319 g/mol. The molecule has 0 radical (unpaired) electrons. The zero-order chi connectivity index (χ0) is 17.2. The van der Waals surface area contributed by atoms with Gasteiger partial charge in [0.25, 0.3) is 5.78 Å². The van der Waals surface area contributed by atoms with E-state index in [1.807, 2.05) is 33.8 Å². The summed E-state index contributed by atoms with van der Waals surface area (Å²) < 4.78 is 1.65. The molecule has 1 amide bonds. The Kier molecular flexibility index (Phi) is 4.99. The molecule has 0 aliphatic carbocycles. The average molecular weight is 319 g/mol. The van der Waals surface area contributed by atoms with Crippen LogP contribution in [0.5, 0.6) is 0 Å². The Morgan fingerprint density at radius 2 is 2.09 bits per heavy atom. The maximum Gasteiger partial charge on any atom is 0.252 e. The molecular formula is C16H25N5O2. The maximum atomic E-state index is 12.1. The molecule has 1 unspecified atom stereocenters. The average Bonchev–Trinajstić information content (AvgIpc) is 2.77. The molecular weight excluding hydrogens is 294 g/mol. The highest BCUT2D eigenvalue weighted by atomic mass is 16.3. The molecule has 0 aliphatic rings. The summed E-state index contributed by atoms with van der Waals surface area (Å²) in [5, 5.41) is 16.7. The third-order valence-electron chi connectivity index (χ3n) is 3.59. The Bertz CT molecular complexity index is 706. The zero-order valence-corrected chi connectivity index (χ0v) is 14.4. The summed E-state index contributed by atoms with van der Waals surface area (Å²) >= 11 is 0. The summed E-state index contributed by atoms with van der Waals surface area (Å²) in [6, 6.07) is 1.92. The van der Waals surface area contributed by atoms with Gasteiger partial charge in [0, 0.05) is 17.9 Å². The number of aliphatic hydroxyl groups is 1. The fraction of sp³-hybridized carbons (Fsp3) is 0.625. The predicted octanol–water partition coefficient (Wildman–Crippen LogP) is 1.20. The minimum absolute atomic E-state index is 0.118. The summed E-state index contributed by atoms with van der Waals surface area (Å²) in [6.45, 7) is 10.1. The van der Waals surface area contributed by atoms with Crippen molar-refractivity contribution in [2.75, 3.05) is 6.54 Å². The lowest BCUT2D eigenvalue weighted by Crippen LogP contribution is -2.36. The first-order valence-electron chi connectivity index (χ1n) is 7.81. The van der Waals surface area contributed by atoms with Crippen LogP contribution in [0.2, 0.25) is 0 Å². The molecule has 0 aromatic carbocycles. The van der Waals surface area contributed by atoms with Crippen LogP contribution in [0.3, 0.4) is 0 Å². The lowest BCUT2D eigenvalue weighted by Gasteiger charge is -2.26. The van der Waals surface area contributed by atoms with Crippen molar-refractivity contribution >= 4 is 11.7 Å².